The lowest BCUT2D eigenvalue weighted by Crippen LogP contribution is -2.22. The predicted octanol–water partition coefficient (Wildman–Crippen LogP) is 2.31. The van der Waals surface area contributed by atoms with Gasteiger partial charge < -0.3 is 5.32 Å². The first-order valence-electron chi connectivity index (χ1n) is 7.00. The van der Waals surface area contributed by atoms with E-state index in [2.05, 4.69) is 20.6 Å². The normalized spacial score (nSPS) is 10.5. The van der Waals surface area contributed by atoms with Crippen LogP contribution in [0.3, 0.4) is 0 Å². The summed E-state index contributed by atoms with van der Waals surface area (Å²) >= 11 is 1.64. The second kappa shape index (κ2) is 7.06. The zero-order valence-corrected chi connectivity index (χ0v) is 13.3. The third kappa shape index (κ3) is 3.75. The number of carbonyl (C=O) groups is 1. The van der Waals surface area contributed by atoms with Gasteiger partial charge in [0.15, 0.2) is 0 Å². The van der Waals surface area contributed by atoms with E-state index in [1.54, 1.807) is 35.0 Å². The maximum absolute atomic E-state index is 12.1. The number of amides is 1. The molecule has 23 heavy (non-hydrogen) atoms. The van der Waals surface area contributed by atoms with Crippen LogP contribution in [-0.2, 0) is 6.54 Å². The van der Waals surface area contributed by atoms with E-state index in [0.29, 0.717) is 17.8 Å². The van der Waals surface area contributed by atoms with Gasteiger partial charge in [0.05, 0.1) is 18.4 Å². The Bertz CT molecular complexity index is 786. The Labute approximate surface area is 137 Å². The molecule has 3 aromatic rings. The minimum atomic E-state index is -0.129. The Kier molecular flexibility index (Phi) is 4.68. The van der Waals surface area contributed by atoms with Crippen LogP contribution in [0, 0.1) is 0 Å². The van der Waals surface area contributed by atoms with Crippen molar-refractivity contribution in [2.75, 3.05) is 6.26 Å². The van der Waals surface area contributed by atoms with E-state index in [1.807, 2.05) is 42.7 Å². The summed E-state index contributed by atoms with van der Waals surface area (Å²) in [6.45, 7) is 0.328. The Hall–Kier alpha value is -2.67. The highest BCUT2D eigenvalue weighted by Gasteiger charge is 2.07. The lowest BCUT2D eigenvalue weighted by Gasteiger charge is -2.03. The van der Waals surface area contributed by atoms with Gasteiger partial charge in [-0.25, -0.2) is 4.68 Å². The van der Waals surface area contributed by atoms with Crippen molar-refractivity contribution in [3.05, 3.63) is 66.2 Å². The number of aromatic nitrogens is 4. The third-order valence-corrected chi connectivity index (χ3v) is 3.99. The minimum Gasteiger partial charge on any atom is -0.346 e. The highest BCUT2D eigenvalue weighted by molar-refractivity contribution is 7.98. The molecule has 0 bridgehead atoms. The first-order chi connectivity index (χ1) is 11.3. The van der Waals surface area contributed by atoms with E-state index in [0.717, 1.165) is 10.6 Å². The number of hydrogen-bond acceptors (Lipinski definition) is 5. The summed E-state index contributed by atoms with van der Waals surface area (Å²) in [5, 5.41) is 10.9. The molecule has 0 aliphatic carbocycles. The summed E-state index contributed by atoms with van der Waals surface area (Å²) in [5.74, 6) is -0.129. The number of thioether (sulfide) groups is 1. The van der Waals surface area contributed by atoms with Gasteiger partial charge in [-0.2, -0.15) is 0 Å². The summed E-state index contributed by atoms with van der Waals surface area (Å²) in [6, 6.07) is 11.2. The maximum Gasteiger partial charge on any atom is 0.251 e. The molecule has 1 aromatic carbocycles. The fourth-order valence-electron chi connectivity index (χ4n) is 2.02. The molecule has 1 N–H and O–H groups in total. The van der Waals surface area contributed by atoms with Gasteiger partial charge in [0.25, 0.3) is 5.91 Å². The predicted molar refractivity (Wildman–Crippen MR) is 88.5 cm³/mol. The Morgan fingerprint density at radius 1 is 1.17 bits per heavy atom. The van der Waals surface area contributed by atoms with Crippen molar-refractivity contribution in [2.45, 2.75) is 11.4 Å². The molecule has 6 nitrogen and oxygen atoms in total. The summed E-state index contributed by atoms with van der Waals surface area (Å²) in [4.78, 5) is 17.2. The first-order valence-corrected chi connectivity index (χ1v) is 8.22. The fourth-order valence-corrected chi connectivity index (χ4v) is 2.43. The molecule has 0 saturated heterocycles. The second-order valence-corrected chi connectivity index (χ2v) is 5.65. The first kappa shape index (κ1) is 15.2. The number of pyridine rings is 1. The molecule has 1 amide bonds. The van der Waals surface area contributed by atoms with Crippen molar-refractivity contribution in [1.29, 1.82) is 0 Å². The van der Waals surface area contributed by atoms with Gasteiger partial charge in [0.2, 0.25) is 0 Å². The zero-order valence-electron chi connectivity index (χ0n) is 12.5. The lowest BCUT2D eigenvalue weighted by molar-refractivity contribution is 0.0950. The van der Waals surface area contributed by atoms with Crippen molar-refractivity contribution in [3.63, 3.8) is 0 Å². The van der Waals surface area contributed by atoms with Gasteiger partial charge in [-0.05, 0) is 42.7 Å². The average Bonchev–Trinajstić information content (AvgIpc) is 3.09. The van der Waals surface area contributed by atoms with E-state index < -0.39 is 0 Å². The van der Waals surface area contributed by atoms with Crippen LogP contribution in [0.4, 0.5) is 0 Å². The lowest BCUT2D eigenvalue weighted by atomic mass is 10.2. The molecule has 116 valence electrons. The van der Waals surface area contributed by atoms with Crippen LogP contribution in [0.5, 0.6) is 0 Å². The molecule has 2 heterocycles. The van der Waals surface area contributed by atoms with Crippen molar-refractivity contribution in [1.82, 2.24) is 25.3 Å². The third-order valence-electron chi connectivity index (χ3n) is 3.25. The van der Waals surface area contributed by atoms with Crippen LogP contribution in [-0.4, -0.2) is 32.1 Å². The monoisotopic (exact) mass is 325 g/mol. The van der Waals surface area contributed by atoms with Crippen LogP contribution in [0.2, 0.25) is 0 Å². The molecule has 7 heteroatoms. The summed E-state index contributed by atoms with van der Waals surface area (Å²) in [5.41, 5.74) is 2.19. The largest absolute Gasteiger partial charge is 0.346 e. The van der Waals surface area contributed by atoms with Gasteiger partial charge in [-0.15, -0.1) is 16.9 Å². The zero-order chi connectivity index (χ0) is 16.1. The number of rotatable bonds is 5. The Morgan fingerprint density at radius 2 is 1.91 bits per heavy atom. The second-order valence-electron chi connectivity index (χ2n) is 4.77. The molecule has 0 atom stereocenters. The quantitative estimate of drug-likeness (QED) is 0.729. The number of carbonyl (C=O) groups excluding carboxylic acids is 1. The number of benzene rings is 1. The van der Waals surface area contributed by atoms with Gasteiger partial charge in [-0.3, -0.25) is 9.78 Å². The van der Waals surface area contributed by atoms with Gasteiger partial charge >= 0.3 is 0 Å². The minimum absolute atomic E-state index is 0.129. The molecule has 2 aromatic heterocycles. The van der Waals surface area contributed by atoms with Crippen molar-refractivity contribution >= 4 is 17.7 Å². The van der Waals surface area contributed by atoms with Crippen molar-refractivity contribution < 1.29 is 4.79 Å². The summed E-state index contributed by atoms with van der Waals surface area (Å²) in [7, 11) is 0. The van der Waals surface area contributed by atoms with Crippen LogP contribution in [0.15, 0.2) is 59.9 Å². The van der Waals surface area contributed by atoms with Gasteiger partial charge in [0, 0.05) is 22.9 Å². The van der Waals surface area contributed by atoms with Crippen molar-refractivity contribution in [2.24, 2.45) is 0 Å². The molecule has 0 fully saturated rings. The SMILES string of the molecule is CSc1ccc(C(=O)NCc2cn(-c3ccncc3)nn2)cc1. The molecule has 0 unspecified atom stereocenters. The van der Waals surface area contributed by atoms with E-state index >= 15 is 0 Å². The van der Waals surface area contributed by atoms with Crippen molar-refractivity contribution in [3.8, 4) is 5.69 Å². The smallest absolute Gasteiger partial charge is 0.251 e. The molecule has 0 spiro atoms. The van der Waals surface area contributed by atoms with E-state index in [1.165, 1.54) is 0 Å². The number of nitrogens with zero attached hydrogens (tertiary/aromatic N) is 4. The molecule has 0 saturated carbocycles. The number of hydrogen-bond donors (Lipinski definition) is 1. The topological polar surface area (TPSA) is 72.7 Å². The Balaban J connectivity index is 1.62. The molecular weight excluding hydrogens is 310 g/mol. The van der Waals surface area contributed by atoms with Crippen LogP contribution < -0.4 is 5.32 Å². The average molecular weight is 325 g/mol. The molecule has 0 radical (unpaired) electrons. The van der Waals surface area contributed by atoms with Gasteiger partial charge in [0.1, 0.15) is 5.69 Å². The fraction of sp³-hybridized carbons (Fsp3) is 0.125. The van der Waals surface area contributed by atoms with Crippen LogP contribution in [0.1, 0.15) is 16.1 Å². The molecule has 0 aliphatic heterocycles. The molecule has 3 rings (SSSR count). The highest BCUT2D eigenvalue weighted by atomic mass is 32.2. The highest BCUT2D eigenvalue weighted by Crippen LogP contribution is 2.14. The Morgan fingerprint density at radius 3 is 2.61 bits per heavy atom. The van der Waals surface area contributed by atoms with Crippen LogP contribution >= 0.6 is 11.8 Å². The van der Waals surface area contributed by atoms with E-state index in [-0.39, 0.29) is 5.91 Å². The summed E-state index contributed by atoms with van der Waals surface area (Å²) < 4.78 is 1.65. The molecule has 0 aliphatic rings. The van der Waals surface area contributed by atoms with E-state index in [4.69, 9.17) is 0 Å². The number of nitrogens with one attached hydrogen (secondary N) is 1. The molecular formula is C16H15N5OS. The standard InChI is InChI=1S/C16H15N5OS/c1-23-15-4-2-12(3-5-15)16(22)18-10-13-11-21(20-19-13)14-6-8-17-9-7-14/h2-9,11H,10H2,1H3,(H,18,22). The van der Waals surface area contributed by atoms with Gasteiger partial charge in [-0.1, -0.05) is 5.21 Å². The maximum atomic E-state index is 12.1. The summed E-state index contributed by atoms with van der Waals surface area (Å²) in [6.07, 6.45) is 7.17. The van der Waals surface area contributed by atoms with E-state index in [9.17, 15) is 4.79 Å². The van der Waals surface area contributed by atoms with Crippen LogP contribution in [0.25, 0.3) is 5.69 Å².